The van der Waals surface area contributed by atoms with Crippen LogP contribution in [0.2, 0.25) is 0 Å². The van der Waals surface area contributed by atoms with E-state index < -0.39 is 29.7 Å². The molecule has 0 spiro atoms. The van der Waals surface area contributed by atoms with Gasteiger partial charge in [-0.25, -0.2) is 4.79 Å². The molecule has 7 nitrogen and oxygen atoms in total. The van der Waals surface area contributed by atoms with E-state index in [4.69, 9.17) is 11.2 Å². The van der Waals surface area contributed by atoms with Gasteiger partial charge in [0.05, 0.1) is 0 Å². The second-order valence-electron chi connectivity index (χ2n) is 9.97. The monoisotopic (exact) mass is 471 g/mol. The number of carbonyl (C=O) groups excluding carboxylic acids is 3. The summed E-state index contributed by atoms with van der Waals surface area (Å²) in [4.78, 5) is 40.5. The first-order valence-corrected chi connectivity index (χ1v) is 12.0. The van der Waals surface area contributed by atoms with Crippen molar-refractivity contribution in [2.24, 2.45) is 5.92 Å². The summed E-state index contributed by atoms with van der Waals surface area (Å²) in [5.74, 6) is -1.18. The Morgan fingerprint density at radius 3 is 2.32 bits per heavy atom. The number of alkyl carbamates (subject to hydrolysis) is 1. The molecule has 0 fully saturated rings. The molecule has 0 aliphatic rings. The number of aryl methyl sites for hydroxylation is 2. The average molecular weight is 472 g/mol. The van der Waals surface area contributed by atoms with Crippen LogP contribution in [0.4, 0.5) is 4.79 Å². The van der Waals surface area contributed by atoms with Crippen LogP contribution < -0.4 is 10.6 Å². The van der Waals surface area contributed by atoms with Crippen molar-refractivity contribution in [2.75, 3.05) is 6.54 Å². The predicted octanol–water partition coefficient (Wildman–Crippen LogP) is 4.62. The van der Waals surface area contributed by atoms with E-state index in [1.807, 2.05) is 32.0 Å². The van der Waals surface area contributed by atoms with Gasteiger partial charge in [-0.1, -0.05) is 63.8 Å². The SMILES string of the molecule is C#CN(C(=O)C(NC(=O)OC(C)(C)C)C(C)C)C(C(=O)NCCCCC)c1cc(C)ccc1C. The van der Waals surface area contributed by atoms with E-state index in [-0.39, 0.29) is 11.8 Å². The molecule has 0 saturated carbocycles. The highest BCUT2D eigenvalue weighted by atomic mass is 16.6. The van der Waals surface area contributed by atoms with Gasteiger partial charge in [0, 0.05) is 12.6 Å². The van der Waals surface area contributed by atoms with Gasteiger partial charge in [0.1, 0.15) is 17.7 Å². The summed E-state index contributed by atoms with van der Waals surface area (Å²) < 4.78 is 5.33. The minimum atomic E-state index is -1.03. The van der Waals surface area contributed by atoms with Gasteiger partial charge in [0.15, 0.2) is 0 Å². The van der Waals surface area contributed by atoms with E-state index in [2.05, 4.69) is 23.6 Å². The van der Waals surface area contributed by atoms with Crippen molar-refractivity contribution in [1.82, 2.24) is 15.5 Å². The number of nitrogens with zero attached hydrogens (tertiary/aromatic N) is 1. The van der Waals surface area contributed by atoms with E-state index in [0.29, 0.717) is 12.1 Å². The number of benzene rings is 1. The summed E-state index contributed by atoms with van der Waals surface area (Å²) in [7, 11) is 0. The second kappa shape index (κ2) is 13.0. The molecule has 2 N–H and O–H groups in total. The van der Waals surface area contributed by atoms with Crippen molar-refractivity contribution in [3.05, 3.63) is 34.9 Å². The molecule has 188 valence electrons. The number of nitrogens with one attached hydrogen (secondary N) is 2. The van der Waals surface area contributed by atoms with E-state index in [1.165, 1.54) is 0 Å². The van der Waals surface area contributed by atoms with Crippen LogP contribution in [0.25, 0.3) is 0 Å². The number of hydrogen-bond acceptors (Lipinski definition) is 4. The van der Waals surface area contributed by atoms with Crippen LogP contribution in [0.3, 0.4) is 0 Å². The first kappa shape index (κ1) is 29.0. The number of amides is 3. The zero-order valence-corrected chi connectivity index (χ0v) is 22.0. The lowest BCUT2D eigenvalue weighted by atomic mass is 9.95. The Morgan fingerprint density at radius 2 is 1.79 bits per heavy atom. The number of hydrogen-bond donors (Lipinski definition) is 2. The third-order valence-electron chi connectivity index (χ3n) is 5.30. The standard InChI is InChI=1S/C27H41N3O4/c1-10-12-13-16-28-24(31)23(21-17-19(5)14-15-20(21)6)30(11-2)25(32)22(18(3)4)29-26(33)34-27(7,8)9/h2,14-15,17-18,22-23H,10,12-13,16H2,1,3-9H3,(H,28,31)(H,29,33). The topological polar surface area (TPSA) is 87.7 Å². The van der Waals surface area contributed by atoms with Gasteiger partial charge in [-0.2, -0.15) is 0 Å². The number of rotatable bonds is 10. The summed E-state index contributed by atoms with van der Waals surface area (Å²) in [5.41, 5.74) is 1.72. The minimum absolute atomic E-state index is 0.289. The lowest BCUT2D eigenvalue weighted by Crippen LogP contribution is -2.53. The van der Waals surface area contributed by atoms with Crippen LogP contribution in [-0.4, -0.2) is 41.0 Å². The Kier molecular flexibility index (Phi) is 11.1. The molecule has 0 aromatic heterocycles. The summed E-state index contributed by atoms with van der Waals surface area (Å²) in [6, 6.07) is 6.14. The van der Waals surface area contributed by atoms with Gasteiger partial charge >= 0.3 is 6.09 Å². The maximum Gasteiger partial charge on any atom is 0.408 e. The third-order valence-corrected chi connectivity index (χ3v) is 5.30. The quantitative estimate of drug-likeness (QED) is 0.296. The summed E-state index contributed by atoms with van der Waals surface area (Å²) in [5, 5.41) is 5.57. The molecule has 34 heavy (non-hydrogen) atoms. The highest BCUT2D eigenvalue weighted by Crippen LogP contribution is 2.27. The van der Waals surface area contributed by atoms with Crippen molar-refractivity contribution >= 4 is 17.9 Å². The van der Waals surface area contributed by atoms with Crippen molar-refractivity contribution < 1.29 is 19.1 Å². The van der Waals surface area contributed by atoms with Crippen molar-refractivity contribution in [2.45, 2.75) is 92.3 Å². The van der Waals surface area contributed by atoms with Crippen LogP contribution in [0.1, 0.15) is 83.5 Å². The number of unbranched alkanes of at least 4 members (excludes halogenated alkanes) is 2. The lowest BCUT2D eigenvalue weighted by molar-refractivity contribution is -0.139. The fourth-order valence-corrected chi connectivity index (χ4v) is 3.50. The number of ether oxygens (including phenoxy) is 1. The maximum absolute atomic E-state index is 13.6. The highest BCUT2D eigenvalue weighted by molar-refractivity contribution is 5.93. The zero-order chi connectivity index (χ0) is 26.1. The number of carbonyl (C=O) groups is 3. The van der Waals surface area contributed by atoms with E-state index in [1.54, 1.807) is 34.6 Å². The second-order valence-corrected chi connectivity index (χ2v) is 9.97. The van der Waals surface area contributed by atoms with Gasteiger partial charge in [-0.05, 0) is 58.1 Å². The molecule has 3 amide bonds. The Balaban J connectivity index is 3.36. The lowest BCUT2D eigenvalue weighted by Gasteiger charge is -2.32. The van der Waals surface area contributed by atoms with Crippen LogP contribution in [-0.2, 0) is 14.3 Å². The van der Waals surface area contributed by atoms with E-state index in [9.17, 15) is 14.4 Å². The van der Waals surface area contributed by atoms with E-state index >= 15 is 0 Å². The summed E-state index contributed by atoms with van der Waals surface area (Å²) >= 11 is 0. The molecule has 1 rings (SSSR count). The molecule has 2 atom stereocenters. The molecule has 0 aliphatic heterocycles. The van der Waals surface area contributed by atoms with Gasteiger partial charge in [-0.15, -0.1) is 0 Å². The largest absolute Gasteiger partial charge is 0.444 e. The molecule has 7 heteroatoms. The summed E-state index contributed by atoms with van der Waals surface area (Å²) in [6.07, 6.45) is 7.94. The minimum Gasteiger partial charge on any atom is -0.444 e. The normalized spacial score (nSPS) is 12.9. The van der Waals surface area contributed by atoms with Gasteiger partial charge < -0.3 is 15.4 Å². The third kappa shape index (κ3) is 8.74. The molecule has 0 radical (unpaired) electrons. The fourth-order valence-electron chi connectivity index (χ4n) is 3.50. The average Bonchev–Trinajstić information content (AvgIpc) is 2.73. The molecular formula is C27H41N3O4. The van der Waals surface area contributed by atoms with Gasteiger partial charge in [0.25, 0.3) is 5.91 Å². The van der Waals surface area contributed by atoms with Gasteiger partial charge in [-0.3, -0.25) is 14.5 Å². The Labute approximate surface area is 205 Å². The van der Waals surface area contributed by atoms with Crippen LogP contribution >= 0.6 is 0 Å². The van der Waals surface area contributed by atoms with Crippen LogP contribution in [0.5, 0.6) is 0 Å². The smallest absolute Gasteiger partial charge is 0.408 e. The van der Waals surface area contributed by atoms with Crippen molar-refractivity contribution in [3.8, 4) is 12.5 Å². The van der Waals surface area contributed by atoms with Crippen LogP contribution in [0.15, 0.2) is 18.2 Å². The molecule has 1 aromatic rings. The van der Waals surface area contributed by atoms with E-state index in [0.717, 1.165) is 35.3 Å². The Bertz CT molecular complexity index is 896. The van der Waals surface area contributed by atoms with Crippen LogP contribution in [0, 0.1) is 32.2 Å². The van der Waals surface area contributed by atoms with Crippen molar-refractivity contribution in [3.63, 3.8) is 0 Å². The first-order chi connectivity index (χ1) is 15.8. The molecule has 2 unspecified atom stereocenters. The predicted molar refractivity (Wildman–Crippen MR) is 135 cm³/mol. The molecule has 0 saturated heterocycles. The molecule has 1 aromatic carbocycles. The molecule has 0 bridgehead atoms. The Morgan fingerprint density at radius 1 is 1.15 bits per heavy atom. The molecule has 0 aliphatic carbocycles. The molecule has 0 heterocycles. The fraction of sp³-hybridized carbons (Fsp3) is 0.593. The van der Waals surface area contributed by atoms with Gasteiger partial charge in [0.2, 0.25) is 5.91 Å². The first-order valence-electron chi connectivity index (χ1n) is 12.0. The maximum atomic E-state index is 13.6. The summed E-state index contributed by atoms with van der Waals surface area (Å²) in [6.45, 7) is 15.2. The van der Waals surface area contributed by atoms with Crippen molar-refractivity contribution in [1.29, 1.82) is 0 Å². The molecular weight excluding hydrogens is 430 g/mol. The highest BCUT2D eigenvalue weighted by Gasteiger charge is 2.37. The Hall–Kier alpha value is -3.01. The number of terminal acetylenes is 1. The zero-order valence-electron chi connectivity index (χ0n) is 22.0.